The Bertz CT molecular complexity index is 1150. The minimum Gasteiger partial charge on any atom is -0.491 e. The second-order valence-corrected chi connectivity index (χ2v) is 8.90. The molecular weight excluding hydrogens is 476 g/mol. The van der Waals surface area contributed by atoms with Gasteiger partial charge >= 0.3 is 6.03 Å². The summed E-state index contributed by atoms with van der Waals surface area (Å²) in [4.78, 5) is 24.2. The molecular formula is C25H34N8O4. The van der Waals surface area contributed by atoms with Crippen molar-refractivity contribution in [2.45, 2.75) is 45.1 Å². The SMILES string of the molecule is CNC(=O)NCc1ccccc1OCCn1nnnc1[C@@H](COCc1ccccc1)NC(=O)C(C)(C)N. The van der Waals surface area contributed by atoms with E-state index in [1.807, 2.05) is 54.6 Å². The van der Waals surface area contributed by atoms with E-state index in [-0.39, 0.29) is 25.2 Å². The Balaban J connectivity index is 1.65. The Labute approximate surface area is 215 Å². The van der Waals surface area contributed by atoms with Crippen molar-refractivity contribution in [1.29, 1.82) is 0 Å². The highest BCUT2D eigenvalue weighted by Gasteiger charge is 2.28. The molecule has 12 heteroatoms. The van der Waals surface area contributed by atoms with Gasteiger partial charge < -0.3 is 31.2 Å². The van der Waals surface area contributed by atoms with Crippen LogP contribution in [-0.2, 0) is 29.2 Å². The molecule has 0 radical (unpaired) electrons. The van der Waals surface area contributed by atoms with Gasteiger partial charge in [-0.3, -0.25) is 4.79 Å². The third kappa shape index (κ3) is 8.54. The van der Waals surface area contributed by atoms with Gasteiger partial charge in [-0.15, -0.1) is 5.10 Å². The van der Waals surface area contributed by atoms with E-state index in [9.17, 15) is 9.59 Å². The van der Waals surface area contributed by atoms with Crippen molar-refractivity contribution in [3.63, 3.8) is 0 Å². The number of carbonyl (C=O) groups excluding carboxylic acids is 2. The summed E-state index contributed by atoms with van der Waals surface area (Å²) in [6.45, 7) is 4.64. The molecule has 0 spiro atoms. The van der Waals surface area contributed by atoms with Gasteiger partial charge in [0.1, 0.15) is 18.4 Å². The van der Waals surface area contributed by atoms with E-state index >= 15 is 0 Å². The van der Waals surface area contributed by atoms with Gasteiger partial charge in [0.15, 0.2) is 5.82 Å². The number of amides is 3. The molecule has 0 saturated carbocycles. The molecule has 1 aromatic heterocycles. The van der Waals surface area contributed by atoms with Crippen molar-refractivity contribution in [3.8, 4) is 5.75 Å². The number of nitrogens with zero attached hydrogens (tertiary/aromatic N) is 4. The molecule has 1 heterocycles. The second-order valence-electron chi connectivity index (χ2n) is 8.90. The maximum Gasteiger partial charge on any atom is 0.314 e. The number of para-hydroxylation sites is 1. The zero-order valence-corrected chi connectivity index (χ0v) is 21.3. The van der Waals surface area contributed by atoms with Crippen LogP contribution in [-0.4, -0.2) is 57.9 Å². The molecule has 0 bridgehead atoms. The maximum absolute atomic E-state index is 12.7. The zero-order chi connectivity index (χ0) is 26.7. The Morgan fingerprint density at radius 1 is 1.11 bits per heavy atom. The predicted molar refractivity (Wildman–Crippen MR) is 136 cm³/mol. The average molecular weight is 511 g/mol. The van der Waals surface area contributed by atoms with E-state index in [0.717, 1.165) is 11.1 Å². The lowest BCUT2D eigenvalue weighted by Gasteiger charge is -2.24. The number of benzene rings is 2. The summed E-state index contributed by atoms with van der Waals surface area (Å²) >= 11 is 0. The number of tetrazole rings is 1. The van der Waals surface area contributed by atoms with E-state index < -0.39 is 11.6 Å². The lowest BCUT2D eigenvalue weighted by Crippen LogP contribution is -2.51. The van der Waals surface area contributed by atoms with Crippen LogP contribution in [0.2, 0.25) is 0 Å². The molecule has 2 aromatic carbocycles. The summed E-state index contributed by atoms with van der Waals surface area (Å²) in [6.07, 6.45) is 0. The number of ether oxygens (including phenoxy) is 2. The molecule has 3 aromatic rings. The molecule has 0 unspecified atom stereocenters. The summed E-state index contributed by atoms with van der Waals surface area (Å²) in [7, 11) is 1.55. The van der Waals surface area contributed by atoms with Crippen molar-refractivity contribution in [3.05, 3.63) is 71.5 Å². The molecule has 0 aliphatic carbocycles. The first-order chi connectivity index (χ1) is 17.8. The number of rotatable bonds is 13. The molecule has 1 atom stereocenters. The zero-order valence-electron chi connectivity index (χ0n) is 21.3. The van der Waals surface area contributed by atoms with Crippen LogP contribution >= 0.6 is 0 Å². The lowest BCUT2D eigenvalue weighted by atomic mass is 10.1. The smallest absolute Gasteiger partial charge is 0.314 e. The van der Waals surface area contributed by atoms with Gasteiger partial charge in [0.2, 0.25) is 5.91 Å². The minimum absolute atomic E-state index is 0.145. The Morgan fingerprint density at radius 3 is 2.57 bits per heavy atom. The normalized spacial score (nSPS) is 12.0. The summed E-state index contributed by atoms with van der Waals surface area (Å²) < 4.78 is 13.4. The van der Waals surface area contributed by atoms with Crippen LogP contribution in [0.4, 0.5) is 4.79 Å². The Hall–Kier alpha value is -4.03. The van der Waals surface area contributed by atoms with Crippen molar-refractivity contribution < 1.29 is 19.1 Å². The fraction of sp³-hybridized carbons (Fsp3) is 0.400. The summed E-state index contributed by atoms with van der Waals surface area (Å²) in [5.74, 6) is 0.697. The highest BCUT2D eigenvalue weighted by Crippen LogP contribution is 2.18. The van der Waals surface area contributed by atoms with Gasteiger partial charge in [-0.2, -0.15) is 0 Å². The molecule has 5 N–H and O–H groups in total. The lowest BCUT2D eigenvalue weighted by molar-refractivity contribution is -0.126. The van der Waals surface area contributed by atoms with Crippen molar-refractivity contribution in [1.82, 2.24) is 36.2 Å². The van der Waals surface area contributed by atoms with Crippen LogP contribution in [0.1, 0.15) is 36.8 Å². The van der Waals surface area contributed by atoms with Gasteiger partial charge in [0.05, 0.1) is 25.3 Å². The first-order valence-corrected chi connectivity index (χ1v) is 11.9. The molecule has 3 rings (SSSR count). The van der Waals surface area contributed by atoms with E-state index in [2.05, 4.69) is 31.5 Å². The second kappa shape index (κ2) is 13.3. The molecule has 0 saturated heterocycles. The van der Waals surface area contributed by atoms with Crippen LogP contribution in [0.3, 0.4) is 0 Å². The van der Waals surface area contributed by atoms with Crippen molar-refractivity contribution >= 4 is 11.9 Å². The third-order valence-corrected chi connectivity index (χ3v) is 5.36. The molecule has 37 heavy (non-hydrogen) atoms. The van der Waals surface area contributed by atoms with Gasteiger partial charge in [-0.1, -0.05) is 48.5 Å². The average Bonchev–Trinajstić information content (AvgIpc) is 3.35. The molecule has 12 nitrogen and oxygen atoms in total. The summed E-state index contributed by atoms with van der Waals surface area (Å²) in [5.41, 5.74) is 6.73. The van der Waals surface area contributed by atoms with Gasteiger partial charge in [-0.05, 0) is 35.9 Å². The molecule has 198 valence electrons. The Kier molecular flexibility index (Phi) is 9.92. The monoisotopic (exact) mass is 510 g/mol. The fourth-order valence-electron chi connectivity index (χ4n) is 3.31. The third-order valence-electron chi connectivity index (χ3n) is 5.36. The van der Waals surface area contributed by atoms with E-state index in [4.69, 9.17) is 15.2 Å². The molecule has 0 fully saturated rings. The molecule has 3 amide bonds. The quantitative estimate of drug-likeness (QED) is 0.268. The number of hydrogen-bond donors (Lipinski definition) is 4. The number of nitrogens with one attached hydrogen (secondary N) is 3. The topological polar surface area (TPSA) is 158 Å². The molecule has 0 aliphatic heterocycles. The van der Waals surface area contributed by atoms with Gasteiger partial charge in [0.25, 0.3) is 0 Å². The first-order valence-electron chi connectivity index (χ1n) is 11.9. The standard InChI is InChI=1S/C25H34N8O4/c1-25(2,26)23(34)29-20(17-36-16-18-9-5-4-6-10-18)22-30-31-32-33(22)13-14-37-21-12-8-7-11-19(21)15-28-24(35)27-3/h4-12,20H,13-17,26H2,1-3H3,(H,29,34)(H2,27,28,35)/t20-/m1/s1. The van der Waals surface area contributed by atoms with Gasteiger partial charge in [-0.25, -0.2) is 9.48 Å². The predicted octanol–water partition coefficient (Wildman–Crippen LogP) is 1.29. The number of urea groups is 1. The highest BCUT2D eigenvalue weighted by atomic mass is 16.5. The number of carbonyl (C=O) groups is 2. The number of hydrogen-bond acceptors (Lipinski definition) is 8. The Morgan fingerprint density at radius 2 is 1.84 bits per heavy atom. The fourth-order valence-corrected chi connectivity index (χ4v) is 3.31. The molecule has 0 aliphatic rings. The van der Waals surface area contributed by atoms with E-state index in [1.54, 1.807) is 25.6 Å². The number of nitrogens with two attached hydrogens (primary N) is 1. The van der Waals surface area contributed by atoms with Crippen LogP contribution in [0, 0.1) is 0 Å². The van der Waals surface area contributed by atoms with Crippen LogP contribution < -0.4 is 26.4 Å². The van der Waals surface area contributed by atoms with Crippen LogP contribution in [0.5, 0.6) is 5.75 Å². The maximum atomic E-state index is 12.7. The van der Waals surface area contributed by atoms with E-state index in [1.165, 1.54) is 0 Å². The van der Waals surface area contributed by atoms with E-state index in [0.29, 0.717) is 31.3 Å². The van der Waals surface area contributed by atoms with Crippen LogP contribution in [0.15, 0.2) is 54.6 Å². The van der Waals surface area contributed by atoms with Gasteiger partial charge in [0, 0.05) is 19.2 Å². The first kappa shape index (κ1) is 27.6. The summed E-state index contributed by atoms with van der Waals surface area (Å²) in [5, 5.41) is 20.2. The summed E-state index contributed by atoms with van der Waals surface area (Å²) in [6, 6.07) is 16.2. The van der Waals surface area contributed by atoms with Crippen LogP contribution in [0.25, 0.3) is 0 Å². The number of aromatic nitrogens is 4. The van der Waals surface area contributed by atoms with Crippen molar-refractivity contribution in [2.24, 2.45) is 5.73 Å². The largest absolute Gasteiger partial charge is 0.491 e. The van der Waals surface area contributed by atoms with Crippen molar-refractivity contribution in [2.75, 3.05) is 20.3 Å². The minimum atomic E-state index is -1.09. The highest BCUT2D eigenvalue weighted by molar-refractivity contribution is 5.85.